The van der Waals surface area contributed by atoms with E-state index in [1.54, 1.807) is 35.6 Å². The average molecular weight is 449 g/mol. The fraction of sp³-hybridized carbons (Fsp3) is 0.455. The summed E-state index contributed by atoms with van der Waals surface area (Å²) in [6.07, 6.45) is 0.872. The predicted molar refractivity (Wildman–Crippen MR) is 123 cm³/mol. The lowest BCUT2D eigenvalue weighted by atomic mass is 10.1. The van der Waals surface area contributed by atoms with Crippen LogP contribution in [0.1, 0.15) is 24.3 Å². The number of fused-ring (bicyclic) bond motifs is 3. The fourth-order valence-electron chi connectivity index (χ4n) is 4.31. The Morgan fingerprint density at radius 3 is 2.53 bits per heavy atom. The van der Waals surface area contributed by atoms with E-state index >= 15 is 0 Å². The minimum Gasteiger partial charge on any atom is -0.334 e. The standard InChI is InChI=1S/C22H27ClN4O2S/c1-4-25(5-2)12-13-26-21-19(17-10-11-24(3)14-18(17)30-21)20(28)27(22(26)29)16-8-6-15(23)7-9-16/h6-9H,4-5,10-14H2,1-3H3/p+2. The lowest BCUT2D eigenvalue weighted by molar-refractivity contribution is -0.897. The van der Waals surface area contributed by atoms with Crippen molar-refractivity contribution in [3.63, 3.8) is 0 Å². The van der Waals surface area contributed by atoms with Gasteiger partial charge in [-0.05, 0) is 43.7 Å². The highest BCUT2D eigenvalue weighted by Crippen LogP contribution is 2.30. The molecule has 6 nitrogen and oxygen atoms in total. The smallest absolute Gasteiger partial charge is 0.334 e. The van der Waals surface area contributed by atoms with Crippen LogP contribution < -0.4 is 21.0 Å². The summed E-state index contributed by atoms with van der Waals surface area (Å²) in [5.41, 5.74) is 1.23. The Morgan fingerprint density at radius 2 is 1.87 bits per heavy atom. The molecule has 1 aliphatic heterocycles. The second kappa shape index (κ2) is 8.67. The third-order valence-electron chi connectivity index (χ3n) is 6.19. The van der Waals surface area contributed by atoms with Crippen molar-refractivity contribution in [1.29, 1.82) is 0 Å². The number of rotatable bonds is 6. The molecule has 8 heteroatoms. The van der Waals surface area contributed by atoms with Crippen LogP contribution in [0.3, 0.4) is 0 Å². The maximum Gasteiger partial charge on any atom is 0.336 e. The van der Waals surface area contributed by atoms with Gasteiger partial charge in [-0.2, -0.15) is 0 Å². The molecule has 0 saturated carbocycles. The maximum absolute atomic E-state index is 13.6. The first-order chi connectivity index (χ1) is 14.4. The lowest BCUT2D eigenvalue weighted by Gasteiger charge is -2.19. The molecule has 30 heavy (non-hydrogen) atoms. The summed E-state index contributed by atoms with van der Waals surface area (Å²) in [7, 11) is 2.18. The maximum atomic E-state index is 13.6. The second-order valence-electron chi connectivity index (χ2n) is 8.08. The quantitative estimate of drug-likeness (QED) is 0.572. The number of likely N-dealkylation sites (N-methyl/N-ethyl adjacent to an activating group) is 2. The first-order valence-electron chi connectivity index (χ1n) is 10.7. The molecule has 3 aromatic rings. The van der Waals surface area contributed by atoms with Gasteiger partial charge in [0.25, 0.3) is 5.56 Å². The number of hydrogen-bond acceptors (Lipinski definition) is 3. The number of benzene rings is 1. The number of nitrogens with one attached hydrogen (secondary N) is 2. The molecule has 1 aromatic carbocycles. The van der Waals surface area contributed by atoms with Crippen molar-refractivity contribution in [2.24, 2.45) is 0 Å². The predicted octanol–water partition coefficient (Wildman–Crippen LogP) is 0.363. The molecular weight excluding hydrogens is 420 g/mol. The van der Waals surface area contributed by atoms with Crippen LogP contribution in [0.25, 0.3) is 15.9 Å². The molecule has 4 rings (SSSR count). The molecule has 0 fully saturated rings. The van der Waals surface area contributed by atoms with E-state index < -0.39 is 0 Å². The molecule has 2 aromatic heterocycles. The highest BCUT2D eigenvalue weighted by Gasteiger charge is 2.27. The molecular formula is C22H29ClN4O2S+2. The molecule has 2 N–H and O–H groups in total. The molecule has 0 saturated heterocycles. The van der Waals surface area contributed by atoms with E-state index in [-0.39, 0.29) is 11.2 Å². The highest BCUT2D eigenvalue weighted by atomic mass is 35.5. The Hall–Kier alpha value is -1.93. The number of aromatic nitrogens is 2. The summed E-state index contributed by atoms with van der Waals surface area (Å²) in [6, 6.07) is 6.93. The summed E-state index contributed by atoms with van der Waals surface area (Å²) < 4.78 is 3.16. The third kappa shape index (κ3) is 3.75. The molecule has 0 bridgehead atoms. The fourth-order valence-corrected chi connectivity index (χ4v) is 5.91. The zero-order chi connectivity index (χ0) is 21.4. The number of quaternary nitrogens is 2. The van der Waals surface area contributed by atoms with Crippen molar-refractivity contribution in [1.82, 2.24) is 9.13 Å². The number of thiophene rings is 1. The van der Waals surface area contributed by atoms with Gasteiger partial charge in [0, 0.05) is 11.4 Å². The Morgan fingerprint density at radius 1 is 1.17 bits per heavy atom. The molecule has 0 radical (unpaired) electrons. The van der Waals surface area contributed by atoms with Crippen molar-refractivity contribution in [3.8, 4) is 5.69 Å². The van der Waals surface area contributed by atoms with E-state index in [4.69, 9.17) is 11.6 Å². The van der Waals surface area contributed by atoms with Crippen LogP contribution in [0.5, 0.6) is 0 Å². The Bertz CT molecular complexity index is 1180. The molecule has 0 amide bonds. The van der Waals surface area contributed by atoms with Gasteiger partial charge in [-0.3, -0.25) is 9.36 Å². The van der Waals surface area contributed by atoms with Gasteiger partial charge in [-0.1, -0.05) is 11.6 Å². The van der Waals surface area contributed by atoms with Crippen molar-refractivity contribution in [2.75, 3.05) is 33.2 Å². The van der Waals surface area contributed by atoms with Crippen LogP contribution in [-0.2, 0) is 19.5 Å². The monoisotopic (exact) mass is 448 g/mol. The van der Waals surface area contributed by atoms with Gasteiger partial charge in [0.15, 0.2) is 0 Å². The van der Waals surface area contributed by atoms with Crippen LogP contribution >= 0.6 is 22.9 Å². The molecule has 1 atom stereocenters. The van der Waals surface area contributed by atoms with Gasteiger partial charge in [0.2, 0.25) is 0 Å². The van der Waals surface area contributed by atoms with E-state index in [2.05, 4.69) is 20.9 Å². The number of halogens is 1. The van der Waals surface area contributed by atoms with Gasteiger partial charge >= 0.3 is 5.69 Å². The van der Waals surface area contributed by atoms with Crippen molar-refractivity contribution in [3.05, 3.63) is 60.6 Å². The van der Waals surface area contributed by atoms with E-state index in [0.29, 0.717) is 17.3 Å². The van der Waals surface area contributed by atoms with Crippen molar-refractivity contribution in [2.45, 2.75) is 33.4 Å². The van der Waals surface area contributed by atoms with E-state index in [9.17, 15) is 9.59 Å². The zero-order valence-electron chi connectivity index (χ0n) is 17.8. The minimum absolute atomic E-state index is 0.208. The van der Waals surface area contributed by atoms with E-state index in [1.807, 2.05) is 4.57 Å². The second-order valence-corrected chi connectivity index (χ2v) is 9.60. The Balaban J connectivity index is 1.96. The van der Waals surface area contributed by atoms with E-state index in [1.165, 1.54) is 19.2 Å². The van der Waals surface area contributed by atoms with Gasteiger partial charge in [-0.15, -0.1) is 11.3 Å². The summed E-state index contributed by atoms with van der Waals surface area (Å²) in [6.45, 7) is 9.71. The average Bonchev–Trinajstić information content (AvgIpc) is 3.10. The topological polar surface area (TPSA) is 52.9 Å². The lowest BCUT2D eigenvalue weighted by Crippen LogP contribution is -3.11. The summed E-state index contributed by atoms with van der Waals surface area (Å²) in [5.74, 6) is 0. The van der Waals surface area contributed by atoms with Crippen LogP contribution in [0.4, 0.5) is 0 Å². The van der Waals surface area contributed by atoms with Crippen molar-refractivity contribution >= 4 is 33.2 Å². The highest BCUT2D eigenvalue weighted by molar-refractivity contribution is 7.18. The zero-order valence-corrected chi connectivity index (χ0v) is 19.3. The van der Waals surface area contributed by atoms with Gasteiger partial charge in [0.05, 0.1) is 55.7 Å². The Labute approximate surface area is 184 Å². The normalized spacial score (nSPS) is 16.4. The van der Waals surface area contributed by atoms with Crippen LogP contribution in [-0.4, -0.2) is 42.4 Å². The van der Waals surface area contributed by atoms with Crippen LogP contribution in [0.15, 0.2) is 33.9 Å². The summed E-state index contributed by atoms with van der Waals surface area (Å²) in [4.78, 5) is 32.1. The third-order valence-corrected chi connectivity index (χ3v) is 7.70. The molecule has 1 unspecified atom stereocenters. The molecule has 0 spiro atoms. The number of nitrogens with zero attached hydrogens (tertiary/aromatic N) is 2. The van der Waals surface area contributed by atoms with Crippen LogP contribution in [0.2, 0.25) is 5.02 Å². The van der Waals surface area contributed by atoms with Crippen molar-refractivity contribution < 1.29 is 9.80 Å². The Kier molecular flexibility index (Phi) is 6.16. The van der Waals surface area contributed by atoms with Gasteiger partial charge in [0.1, 0.15) is 11.4 Å². The molecule has 0 aliphatic carbocycles. The van der Waals surface area contributed by atoms with Gasteiger partial charge < -0.3 is 9.80 Å². The van der Waals surface area contributed by atoms with Gasteiger partial charge in [-0.25, -0.2) is 9.36 Å². The minimum atomic E-state index is -0.263. The molecule has 160 valence electrons. The first-order valence-corrected chi connectivity index (χ1v) is 11.8. The van der Waals surface area contributed by atoms with E-state index in [0.717, 1.165) is 54.9 Å². The van der Waals surface area contributed by atoms with Crippen LogP contribution in [0, 0.1) is 0 Å². The summed E-state index contributed by atoms with van der Waals surface area (Å²) >= 11 is 7.67. The SMILES string of the molecule is CC[NH+](CC)CCn1c(=O)n(-c2ccc(Cl)cc2)c(=O)c2c3c(sc21)C[NH+](C)CC3. The number of hydrogen-bond donors (Lipinski definition) is 2. The summed E-state index contributed by atoms with van der Waals surface area (Å²) in [5, 5.41) is 1.31. The first kappa shape index (κ1) is 21.3. The molecule has 3 heterocycles. The largest absolute Gasteiger partial charge is 0.336 e. The molecule has 1 aliphatic rings.